The number of carbonyl (C=O) groups is 4. The molecule has 5 atom stereocenters. The number of aliphatic hydroxyl groups excluding tert-OH is 1. The van der Waals surface area contributed by atoms with Crippen molar-refractivity contribution in [2.24, 2.45) is 11.8 Å². The Labute approximate surface area is 567 Å². The van der Waals surface area contributed by atoms with E-state index in [1.165, 1.54) is 161 Å². The fourth-order valence-corrected chi connectivity index (χ4v) is 12.3. The topological polar surface area (TPSA) is 237 Å². The van der Waals surface area contributed by atoms with Crippen molar-refractivity contribution in [1.82, 2.24) is 0 Å². The quantitative estimate of drug-likeness (QED) is 0.0169. The van der Waals surface area contributed by atoms with Crippen molar-refractivity contribution in [2.45, 2.75) is 374 Å². The Hall–Kier alpha value is -2.46. The van der Waals surface area contributed by atoms with Gasteiger partial charge in [0.25, 0.3) is 0 Å². The number of rotatable bonds is 71. The maximum atomic E-state index is 13.1. The SMILES string of the molecule is CCCCCC/C=C\C=C/CCCCCCCC(=O)O[C@H](COC(=O)CCCCCCCCCCCCCCC(C)C)COP(=O)(O)OC[C@@H](O)COP(=O)(O)OC[C@@H](COC(=O)CCCCCCCCCCCC)OC(=O)CCCCCCCCCCCCC(C)C. The second-order valence-electron chi connectivity index (χ2n) is 27.0. The maximum absolute atomic E-state index is 13.1. The van der Waals surface area contributed by atoms with E-state index in [9.17, 15) is 43.2 Å². The molecule has 0 aliphatic rings. The van der Waals surface area contributed by atoms with Gasteiger partial charge in [0.15, 0.2) is 12.2 Å². The van der Waals surface area contributed by atoms with E-state index in [-0.39, 0.29) is 25.7 Å². The Kier molecular flexibility index (Phi) is 63.7. The summed E-state index contributed by atoms with van der Waals surface area (Å²) in [6, 6.07) is 0. The van der Waals surface area contributed by atoms with E-state index < -0.39 is 97.5 Å². The fraction of sp³-hybridized carbons (Fsp3) is 0.892. The molecule has 0 fully saturated rings. The molecule has 93 heavy (non-hydrogen) atoms. The highest BCUT2D eigenvalue weighted by Crippen LogP contribution is 2.45. The number of phosphoric ester groups is 2. The van der Waals surface area contributed by atoms with Crippen LogP contribution in [0, 0.1) is 11.8 Å². The molecule has 548 valence electrons. The van der Waals surface area contributed by atoms with Crippen molar-refractivity contribution in [1.29, 1.82) is 0 Å². The van der Waals surface area contributed by atoms with Crippen LogP contribution in [0.4, 0.5) is 0 Å². The first-order valence-corrected chi connectivity index (χ1v) is 40.8. The standard InChI is InChI=1S/C74H140O17P2/c1-7-9-11-13-15-17-19-20-21-22-27-34-40-46-52-58-73(78)90-70(63-85-72(77)57-51-45-39-33-26-24-23-25-30-36-42-48-54-66(3)4)65-89-93(82,83)87-61-68(75)60-86-92(80,81)88-64-69(62-84-71(76)56-50-44-38-32-18-16-14-12-10-8-2)91-74(79)59-53-47-41-35-29-28-31-37-43-49-55-67(5)6/h17,19-21,66-70,75H,7-16,18,22-65H2,1-6H3,(H,80,81)(H,82,83)/b19-17-,21-20-/t68-,69+,70+/m0/s1. The number of ether oxygens (including phenoxy) is 4. The first kappa shape index (κ1) is 90.5. The molecule has 0 spiro atoms. The molecule has 2 unspecified atom stereocenters. The van der Waals surface area contributed by atoms with E-state index in [1.54, 1.807) is 0 Å². The van der Waals surface area contributed by atoms with E-state index in [2.05, 4.69) is 65.8 Å². The third-order valence-electron chi connectivity index (χ3n) is 16.6. The number of unbranched alkanes of at least 4 members (excludes halogenated alkanes) is 38. The van der Waals surface area contributed by atoms with Crippen molar-refractivity contribution in [3.63, 3.8) is 0 Å². The molecule has 0 amide bonds. The molecule has 0 aromatic heterocycles. The van der Waals surface area contributed by atoms with Gasteiger partial charge in [-0.25, -0.2) is 9.13 Å². The van der Waals surface area contributed by atoms with Gasteiger partial charge in [0, 0.05) is 25.7 Å². The average Bonchev–Trinajstić information content (AvgIpc) is 3.12. The molecule has 0 saturated heterocycles. The van der Waals surface area contributed by atoms with Crippen LogP contribution in [-0.4, -0.2) is 96.7 Å². The van der Waals surface area contributed by atoms with Crippen molar-refractivity contribution in [3.8, 4) is 0 Å². The zero-order valence-corrected chi connectivity index (χ0v) is 61.8. The molecule has 0 heterocycles. The largest absolute Gasteiger partial charge is 0.472 e. The number of carbonyl (C=O) groups excluding carboxylic acids is 4. The van der Waals surface area contributed by atoms with E-state index in [1.807, 2.05) is 0 Å². The van der Waals surface area contributed by atoms with Crippen LogP contribution in [0.2, 0.25) is 0 Å². The Morgan fingerprint density at radius 3 is 0.882 bits per heavy atom. The molecule has 0 aliphatic carbocycles. The Bertz CT molecular complexity index is 1900. The molecule has 0 aliphatic heterocycles. The normalized spacial score (nSPS) is 14.2. The molecular formula is C74H140O17P2. The minimum atomic E-state index is -4.96. The number of allylic oxidation sites excluding steroid dienone is 4. The van der Waals surface area contributed by atoms with Gasteiger partial charge in [-0.15, -0.1) is 0 Å². The average molecular weight is 1360 g/mol. The van der Waals surface area contributed by atoms with Crippen LogP contribution in [0.3, 0.4) is 0 Å². The summed E-state index contributed by atoms with van der Waals surface area (Å²) in [5.41, 5.74) is 0. The first-order valence-electron chi connectivity index (χ1n) is 37.8. The van der Waals surface area contributed by atoms with Crippen molar-refractivity contribution >= 4 is 39.5 Å². The van der Waals surface area contributed by atoms with Gasteiger partial charge in [-0.1, -0.05) is 303 Å². The third-order valence-corrected chi connectivity index (χ3v) is 18.5. The predicted molar refractivity (Wildman–Crippen MR) is 377 cm³/mol. The number of phosphoric acid groups is 2. The summed E-state index contributed by atoms with van der Waals surface area (Å²) < 4.78 is 68.4. The van der Waals surface area contributed by atoms with Gasteiger partial charge in [-0.05, 0) is 63.2 Å². The molecule has 0 aromatic rings. The summed E-state index contributed by atoms with van der Waals surface area (Å²) in [5.74, 6) is -0.619. The summed E-state index contributed by atoms with van der Waals surface area (Å²) >= 11 is 0. The second-order valence-corrected chi connectivity index (χ2v) is 29.9. The monoisotopic (exact) mass is 1360 g/mol. The van der Waals surface area contributed by atoms with Crippen LogP contribution in [0.15, 0.2) is 24.3 Å². The van der Waals surface area contributed by atoms with Gasteiger partial charge in [0.2, 0.25) is 0 Å². The fourth-order valence-electron chi connectivity index (χ4n) is 10.8. The number of aliphatic hydroxyl groups is 1. The zero-order chi connectivity index (χ0) is 68.6. The minimum Gasteiger partial charge on any atom is -0.462 e. The Balaban J connectivity index is 5.29. The van der Waals surface area contributed by atoms with E-state index in [4.69, 9.17) is 37.0 Å². The van der Waals surface area contributed by atoms with Gasteiger partial charge in [0.1, 0.15) is 19.3 Å². The Morgan fingerprint density at radius 2 is 0.581 bits per heavy atom. The molecule has 17 nitrogen and oxygen atoms in total. The molecule has 3 N–H and O–H groups in total. The van der Waals surface area contributed by atoms with Crippen LogP contribution in [0.1, 0.15) is 356 Å². The third kappa shape index (κ3) is 67.9. The van der Waals surface area contributed by atoms with Crippen LogP contribution in [-0.2, 0) is 65.4 Å². The van der Waals surface area contributed by atoms with Gasteiger partial charge >= 0.3 is 39.5 Å². The lowest BCUT2D eigenvalue weighted by Crippen LogP contribution is -2.30. The smallest absolute Gasteiger partial charge is 0.462 e. The van der Waals surface area contributed by atoms with Gasteiger partial charge < -0.3 is 33.8 Å². The van der Waals surface area contributed by atoms with Crippen LogP contribution >= 0.6 is 15.6 Å². The van der Waals surface area contributed by atoms with E-state index in [0.29, 0.717) is 25.7 Å². The molecule has 0 aromatic carbocycles. The highest BCUT2D eigenvalue weighted by Gasteiger charge is 2.30. The molecule has 0 saturated carbocycles. The summed E-state index contributed by atoms with van der Waals surface area (Å²) in [6.45, 7) is 9.50. The second kappa shape index (κ2) is 65.5. The van der Waals surface area contributed by atoms with Crippen LogP contribution in [0.25, 0.3) is 0 Å². The van der Waals surface area contributed by atoms with E-state index >= 15 is 0 Å². The molecular weight excluding hydrogens is 1220 g/mol. The predicted octanol–water partition coefficient (Wildman–Crippen LogP) is 21.1. The molecule has 19 heteroatoms. The summed E-state index contributed by atoms with van der Waals surface area (Å²) in [6.07, 6.45) is 54.8. The molecule has 0 bridgehead atoms. The maximum Gasteiger partial charge on any atom is 0.472 e. The van der Waals surface area contributed by atoms with Gasteiger partial charge in [-0.3, -0.25) is 37.3 Å². The lowest BCUT2D eigenvalue weighted by atomic mass is 10.0. The lowest BCUT2D eigenvalue weighted by molar-refractivity contribution is -0.161. The number of hydrogen-bond acceptors (Lipinski definition) is 15. The zero-order valence-electron chi connectivity index (χ0n) is 60.0. The highest BCUT2D eigenvalue weighted by molar-refractivity contribution is 7.47. The van der Waals surface area contributed by atoms with Crippen LogP contribution < -0.4 is 0 Å². The number of esters is 4. The highest BCUT2D eigenvalue weighted by atomic mass is 31.2. The van der Waals surface area contributed by atoms with E-state index in [0.717, 1.165) is 115 Å². The van der Waals surface area contributed by atoms with Crippen molar-refractivity contribution < 1.29 is 80.2 Å². The van der Waals surface area contributed by atoms with Crippen molar-refractivity contribution in [2.75, 3.05) is 39.6 Å². The summed E-state index contributed by atoms with van der Waals surface area (Å²) in [4.78, 5) is 72.7. The summed E-state index contributed by atoms with van der Waals surface area (Å²) in [5, 5.41) is 10.6. The minimum absolute atomic E-state index is 0.0850. The number of hydrogen-bond donors (Lipinski definition) is 3. The molecule has 0 rings (SSSR count). The Morgan fingerprint density at radius 1 is 0.333 bits per heavy atom. The first-order chi connectivity index (χ1) is 44.9. The van der Waals surface area contributed by atoms with Crippen LogP contribution in [0.5, 0.6) is 0 Å². The van der Waals surface area contributed by atoms with Gasteiger partial charge in [0.05, 0.1) is 26.4 Å². The van der Waals surface area contributed by atoms with Gasteiger partial charge in [-0.2, -0.15) is 0 Å². The lowest BCUT2D eigenvalue weighted by Gasteiger charge is -2.21. The summed E-state index contributed by atoms with van der Waals surface area (Å²) in [7, 11) is -9.92. The molecule has 0 radical (unpaired) electrons. The van der Waals surface area contributed by atoms with Crippen molar-refractivity contribution in [3.05, 3.63) is 24.3 Å².